The molecule has 2 aromatic heterocycles. The summed E-state index contributed by atoms with van der Waals surface area (Å²) in [4.78, 5) is 16.4. The number of nitrogens with one attached hydrogen (secondary N) is 1. The van der Waals surface area contributed by atoms with E-state index in [4.69, 9.17) is 10.5 Å². The van der Waals surface area contributed by atoms with Gasteiger partial charge in [0.15, 0.2) is 11.6 Å². The Labute approximate surface area is 241 Å². The zero-order valence-corrected chi connectivity index (χ0v) is 24.0. The Bertz CT molecular complexity index is 1480. The van der Waals surface area contributed by atoms with Crippen molar-refractivity contribution in [1.82, 2.24) is 20.2 Å². The summed E-state index contributed by atoms with van der Waals surface area (Å²) in [5.74, 6) is -1.85. The fourth-order valence-corrected chi connectivity index (χ4v) is 8.69. The van der Waals surface area contributed by atoms with Crippen molar-refractivity contribution in [3.63, 3.8) is 0 Å². The number of rotatable bonds is 7. The molecule has 2 bridgehead atoms. The Morgan fingerprint density at radius 1 is 1.10 bits per heavy atom. The van der Waals surface area contributed by atoms with Crippen LogP contribution in [0.4, 0.5) is 25.4 Å². The summed E-state index contributed by atoms with van der Waals surface area (Å²) in [6.45, 7) is 2.57. The number of nitrogens with zero attached hydrogens (tertiary/aromatic N) is 7. The smallest absolute Gasteiger partial charge is 0.320 e. The Morgan fingerprint density at radius 2 is 1.73 bits per heavy atom. The lowest BCUT2D eigenvalue weighted by Crippen LogP contribution is -2.59. The number of alkyl halides is 2. The molecule has 4 fully saturated rings. The third kappa shape index (κ3) is 4.12. The molecule has 0 amide bonds. The van der Waals surface area contributed by atoms with Crippen LogP contribution in [0.5, 0.6) is 6.01 Å². The molecular weight excluding hydrogens is 548 g/mol. The number of fused-ring (bicyclic) bond motifs is 4. The van der Waals surface area contributed by atoms with Crippen molar-refractivity contribution < 1.29 is 13.5 Å². The van der Waals surface area contributed by atoms with Gasteiger partial charge >= 0.3 is 6.01 Å². The summed E-state index contributed by atoms with van der Waals surface area (Å²) < 4.78 is 34.9. The topological polar surface area (TPSA) is 130 Å². The molecule has 1 saturated carbocycles. The van der Waals surface area contributed by atoms with Crippen molar-refractivity contribution >= 4 is 28.0 Å². The van der Waals surface area contributed by atoms with E-state index in [0.29, 0.717) is 66.0 Å². The Hall–Kier alpha value is -3.26. The number of anilines is 3. The normalized spacial score (nSPS) is 28.4. The van der Waals surface area contributed by atoms with E-state index < -0.39 is 11.3 Å². The van der Waals surface area contributed by atoms with Crippen molar-refractivity contribution in [3.05, 3.63) is 21.6 Å². The maximum absolute atomic E-state index is 14.5. The van der Waals surface area contributed by atoms with Crippen LogP contribution >= 0.6 is 11.3 Å². The van der Waals surface area contributed by atoms with Gasteiger partial charge in [-0.25, -0.2) is 8.78 Å². The highest BCUT2D eigenvalue weighted by Crippen LogP contribution is 2.61. The van der Waals surface area contributed by atoms with Crippen LogP contribution in [0.1, 0.15) is 47.3 Å². The van der Waals surface area contributed by atoms with Gasteiger partial charge in [-0.1, -0.05) is 0 Å². The number of halogens is 2. The molecule has 1 spiro atoms. The number of aryl methyl sites for hydroxylation is 1. The number of hydrogen-bond donors (Lipinski definition) is 2. The van der Waals surface area contributed by atoms with E-state index in [9.17, 15) is 19.3 Å². The fourth-order valence-electron chi connectivity index (χ4n) is 7.55. The minimum atomic E-state index is -2.81. The zero-order valence-electron chi connectivity index (χ0n) is 23.2. The Kier molecular flexibility index (Phi) is 5.92. The number of hydrogen-bond acceptors (Lipinski definition) is 11. The maximum Gasteiger partial charge on any atom is 0.320 e. The number of thiophene rings is 1. The van der Waals surface area contributed by atoms with Crippen LogP contribution in [0, 0.1) is 28.1 Å². The standard InChI is InChI=1S/C28H33F2N9OS/c1-37(2)14-27(11-28(27,29)30)15-40-25-35-23(38-9-16-3-4-17(10-38)34-16)19(8-32)24(36-25)39-12-26(13-39)6-5-20-21(26)18(7-31)22(33)41-20/h16-17,34H,3-6,9-15,33H2,1-2H3/t16-,17+,27?. The lowest BCUT2D eigenvalue weighted by Gasteiger charge is -2.49. The highest BCUT2D eigenvalue weighted by molar-refractivity contribution is 7.16. The van der Waals surface area contributed by atoms with Crippen LogP contribution in [-0.2, 0) is 11.8 Å². The van der Waals surface area contributed by atoms with E-state index in [1.807, 2.05) is 4.90 Å². The molecule has 0 aromatic carbocycles. The van der Waals surface area contributed by atoms with Crippen LogP contribution in [0.15, 0.2) is 0 Å². The monoisotopic (exact) mass is 581 g/mol. The van der Waals surface area contributed by atoms with E-state index in [1.165, 1.54) is 16.2 Å². The summed E-state index contributed by atoms with van der Waals surface area (Å²) in [6, 6.07) is 5.30. The minimum absolute atomic E-state index is 0.0197. The molecule has 5 heterocycles. The Morgan fingerprint density at radius 3 is 2.32 bits per heavy atom. The van der Waals surface area contributed by atoms with Crippen molar-refractivity contribution in [2.45, 2.75) is 55.5 Å². The van der Waals surface area contributed by atoms with Crippen molar-refractivity contribution in [2.75, 3.05) is 69.0 Å². The highest BCUT2D eigenvalue weighted by Gasteiger charge is 2.71. The molecule has 3 atom stereocenters. The van der Waals surface area contributed by atoms with Gasteiger partial charge in [-0.2, -0.15) is 20.5 Å². The van der Waals surface area contributed by atoms with Gasteiger partial charge in [0, 0.05) is 61.5 Å². The van der Waals surface area contributed by atoms with Gasteiger partial charge in [-0.05, 0) is 45.3 Å². The molecule has 5 aliphatic rings. The van der Waals surface area contributed by atoms with Crippen molar-refractivity contribution in [1.29, 1.82) is 10.5 Å². The van der Waals surface area contributed by atoms with Gasteiger partial charge < -0.3 is 30.5 Å². The Balaban J connectivity index is 1.22. The molecule has 13 heteroatoms. The second kappa shape index (κ2) is 9.12. The molecule has 3 saturated heterocycles. The number of nitriles is 2. The second-order valence-corrected chi connectivity index (χ2v) is 13.9. The van der Waals surface area contributed by atoms with Gasteiger partial charge in [-0.3, -0.25) is 0 Å². The molecular formula is C28H33F2N9OS. The zero-order chi connectivity index (χ0) is 28.7. The minimum Gasteiger partial charge on any atom is -0.462 e. The van der Waals surface area contributed by atoms with Crippen LogP contribution < -0.4 is 25.6 Å². The van der Waals surface area contributed by atoms with E-state index in [0.717, 1.165) is 31.2 Å². The van der Waals surface area contributed by atoms with Gasteiger partial charge in [0.2, 0.25) is 0 Å². The second-order valence-electron chi connectivity index (χ2n) is 12.8. The summed E-state index contributed by atoms with van der Waals surface area (Å²) >= 11 is 1.49. The largest absolute Gasteiger partial charge is 0.462 e. The molecule has 2 aliphatic carbocycles. The molecule has 3 N–H and O–H groups in total. The summed E-state index contributed by atoms with van der Waals surface area (Å²) in [5.41, 5.74) is 6.65. The maximum atomic E-state index is 14.5. The van der Waals surface area contributed by atoms with E-state index in [2.05, 4.69) is 32.3 Å². The third-order valence-electron chi connectivity index (χ3n) is 9.55. The number of ether oxygens (including phenoxy) is 1. The average Bonchev–Trinajstić information content (AvgIpc) is 3.24. The van der Waals surface area contributed by atoms with Crippen molar-refractivity contribution in [3.8, 4) is 18.1 Å². The quantitative estimate of drug-likeness (QED) is 0.503. The van der Waals surface area contributed by atoms with E-state index in [-0.39, 0.29) is 31.0 Å². The SMILES string of the molecule is CN(C)CC1(COc2nc(N3C[C@H]4CC[C@@H](C3)N4)c(C#N)c(N3CC4(CCc5sc(N)c(C#N)c54)C3)n2)CC1(F)F. The fraction of sp³-hybridized carbons (Fsp3) is 0.643. The summed E-state index contributed by atoms with van der Waals surface area (Å²) in [5, 5.41) is 24.3. The van der Waals surface area contributed by atoms with E-state index >= 15 is 0 Å². The van der Waals surface area contributed by atoms with Gasteiger partial charge in [0.05, 0.1) is 11.0 Å². The predicted octanol–water partition coefficient (Wildman–Crippen LogP) is 2.47. The molecule has 216 valence electrons. The van der Waals surface area contributed by atoms with Gasteiger partial charge in [-0.15, -0.1) is 11.3 Å². The first-order valence-corrected chi connectivity index (χ1v) is 14.9. The van der Waals surface area contributed by atoms with Crippen LogP contribution in [0.3, 0.4) is 0 Å². The van der Waals surface area contributed by atoms with Crippen LogP contribution in [-0.4, -0.2) is 86.3 Å². The lowest BCUT2D eigenvalue weighted by molar-refractivity contribution is 0.0288. The molecule has 0 radical (unpaired) electrons. The number of nitrogen functional groups attached to an aromatic ring is 1. The van der Waals surface area contributed by atoms with E-state index in [1.54, 1.807) is 19.0 Å². The number of nitrogens with two attached hydrogens (primary N) is 1. The first-order valence-electron chi connectivity index (χ1n) is 14.1. The third-order valence-corrected chi connectivity index (χ3v) is 10.6. The number of piperazine rings is 1. The molecule has 3 aliphatic heterocycles. The molecule has 41 heavy (non-hydrogen) atoms. The summed E-state index contributed by atoms with van der Waals surface area (Å²) in [6.07, 6.45) is 3.67. The summed E-state index contributed by atoms with van der Waals surface area (Å²) in [7, 11) is 3.55. The first kappa shape index (κ1) is 26.6. The molecule has 1 unspecified atom stereocenters. The molecule has 7 rings (SSSR count). The highest BCUT2D eigenvalue weighted by atomic mass is 32.1. The van der Waals surface area contributed by atoms with Crippen LogP contribution in [0.25, 0.3) is 0 Å². The van der Waals surface area contributed by atoms with Crippen molar-refractivity contribution in [2.24, 2.45) is 5.41 Å². The van der Waals surface area contributed by atoms with Gasteiger partial charge in [0.25, 0.3) is 5.92 Å². The first-order chi connectivity index (χ1) is 19.6. The number of aromatic nitrogens is 2. The van der Waals surface area contributed by atoms with Gasteiger partial charge in [0.1, 0.15) is 29.3 Å². The van der Waals surface area contributed by atoms with Crippen LogP contribution in [0.2, 0.25) is 0 Å². The lowest BCUT2D eigenvalue weighted by atomic mass is 9.74. The predicted molar refractivity (Wildman–Crippen MR) is 151 cm³/mol. The average molecular weight is 582 g/mol. The molecule has 2 aromatic rings. The molecule has 10 nitrogen and oxygen atoms in total.